The molecule has 3 N–H and O–H groups in total. The Morgan fingerprint density at radius 1 is 1.12 bits per heavy atom. The van der Waals surface area contributed by atoms with Crippen LogP contribution in [0.4, 0.5) is 5.69 Å². The van der Waals surface area contributed by atoms with E-state index in [1.54, 1.807) is 0 Å². The van der Waals surface area contributed by atoms with Gasteiger partial charge in [-0.1, -0.05) is 19.1 Å². The molecule has 0 bridgehead atoms. The maximum atomic E-state index is 12.2. The van der Waals surface area contributed by atoms with Gasteiger partial charge in [-0.05, 0) is 68.8 Å². The van der Waals surface area contributed by atoms with Crippen LogP contribution < -0.4 is 11.1 Å². The predicted molar refractivity (Wildman–Crippen MR) is 109 cm³/mol. The quantitative estimate of drug-likeness (QED) is 0.824. The fraction of sp³-hybridized carbons (Fsp3) is 0.632. The second kappa shape index (κ2) is 10.4. The molecule has 2 unspecified atom stereocenters. The summed E-state index contributed by atoms with van der Waals surface area (Å²) in [6.45, 7) is 5.74. The highest BCUT2D eigenvalue weighted by molar-refractivity contribution is 5.92. The molecule has 1 saturated heterocycles. The number of carbonyl (C=O) groups is 1. The maximum absolute atomic E-state index is 12.2. The minimum Gasteiger partial charge on any atom is -0.328 e. The summed E-state index contributed by atoms with van der Waals surface area (Å²) in [6, 6.07) is 8.51. The van der Waals surface area contributed by atoms with E-state index in [1.807, 2.05) is 12.1 Å². The molecule has 3 rings (SSSR count). The Hall–Kier alpha value is -0.810. The van der Waals surface area contributed by atoms with Crippen LogP contribution in [0.2, 0.25) is 0 Å². The molecule has 0 radical (unpaired) electrons. The zero-order valence-corrected chi connectivity index (χ0v) is 16.6. The van der Waals surface area contributed by atoms with Gasteiger partial charge in [0, 0.05) is 24.2 Å². The van der Waals surface area contributed by atoms with Crippen molar-refractivity contribution in [3.8, 4) is 0 Å². The lowest BCUT2D eigenvalue weighted by atomic mass is 9.99. The number of amides is 1. The van der Waals surface area contributed by atoms with Gasteiger partial charge in [-0.15, -0.1) is 24.8 Å². The number of nitrogens with one attached hydrogen (secondary N) is 1. The number of nitrogens with two attached hydrogens (primary N) is 1. The molecule has 2 atom stereocenters. The van der Waals surface area contributed by atoms with E-state index in [0.29, 0.717) is 0 Å². The first kappa shape index (κ1) is 22.2. The molecule has 2 fully saturated rings. The number of likely N-dealkylation sites (tertiary alicyclic amines) is 1. The molecule has 4 nitrogen and oxygen atoms in total. The summed E-state index contributed by atoms with van der Waals surface area (Å²) in [6.07, 6.45) is 5.30. The zero-order chi connectivity index (χ0) is 16.2. The standard InChI is InChI=1S/C19H29N3O.2ClH/c1-14-8-10-22(11-9-14)13-15-2-6-18(7-3-15)21-19(23)16-4-5-17(20)12-16;;/h2-3,6-7,14,16-17H,4-5,8-13,20H2,1H3,(H,21,23);2*1H. The number of carbonyl (C=O) groups excluding carboxylic acids is 1. The monoisotopic (exact) mass is 387 g/mol. The molecule has 1 saturated carbocycles. The molecule has 1 aliphatic carbocycles. The van der Waals surface area contributed by atoms with Crippen molar-refractivity contribution in [2.24, 2.45) is 17.6 Å². The van der Waals surface area contributed by atoms with E-state index in [0.717, 1.165) is 37.4 Å². The summed E-state index contributed by atoms with van der Waals surface area (Å²) in [5.41, 5.74) is 8.10. The molecule has 0 aromatic heterocycles. The van der Waals surface area contributed by atoms with E-state index in [2.05, 4.69) is 29.3 Å². The van der Waals surface area contributed by atoms with Gasteiger partial charge in [-0.2, -0.15) is 0 Å². The topological polar surface area (TPSA) is 58.4 Å². The van der Waals surface area contributed by atoms with E-state index in [1.165, 1.54) is 31.5 Å². The van der Waals surface area contributed by atoms with Gasteiger partial charge < -0.3 is 11.1 Å². The minimum absolute atomic E-state index is 0. The van der Waals surface area contributed by atoms with Gasteiger partial charge in [0.05, 0.1) is 0 Å². The van der Waals surface area contributed by atoms with Crippen molar-refractivity contribution >= 4 is 36.4 Å². The van der Waals surface area contributed by atoms with E-state index < -0.39 is 0 Å². The van der Waals surface area contributed by atoms with Crippen LogP contribution in [0.3, 0.4) is 0 Å². The van der Waals surface area contributed by atoms with Crippen molar-refractivity contribution in [1.82, 2.24) is 4.90 Å². The first-order valence-electron chi connectivity index (χ1n) is 8.98. The lowest BCUT2D eigenvalue weighted by molar-refractivity contribution is -0.119. The van der Waals surface area contributed by atoms with Crippen molar-refractivity contribution in [2.45, 2.75) is 51.6 Å². The Morgan fingerprint density at radius 2 is 1.76 bits per heavy atom. The average molecular weight is 388 g/mol. The normalized spacial score (nSPS) is 24.2. The van der Waals surface area contributed by atoms with Crippen LogP contribution in [0, 0.1) is 11.8 Å². The van der Waals surface area contributed by atoms with E-state index in [9.17, 15) is 4.79 Å². The van der Waals surface area contributed by atoms with Crippen LogP contribution in [0.5, 0.6) is 0 Å². The highest BCUT2D eigenvalue weighted by Crippen LogP contribution is 2.25. The number of hydrogen-bond donors (Lipinski definition) is 2. The third-order valence-electron chi connectivity index (χ3n) is 5.35. The van der Waals surface area contributed by atoms with E-state index >= 15 is 0 Å². The van der Waals surface area contributed by atoms with Crippen molar-refractivity contribution < 1.29 is 4.79 Å². The zero-order valence-electron chi connectivity index (χ0n) is 14.9. The van der Waals surface area contributed by atoms with Crippen LogP contribution in [0.15, 0.2) is 24.3 Å². The van der Waals surface area contributed by atoms with Gasteiger partial charge in [0.15, 0.2) is 0 Å². The van der Waals surface area contributed by atoms with Gasteiger partial charge in [0.25, 0.3) is 0 Å². The molecule has 6 heteroatoms. The molecule has 1 aromatic rings. The van der Waals surface area contributed by atoms with Crippen molar-refractivity contribution in [2.75, 3.05) is 18.4 Å². The van der Waals surface area contributed by atoms with Gasteiger partial charge in [-0.25, -0.2) is 0 Å². The number of piperidine rings is 1. The fourth-order valence-electron chi connectivity index (χ4n) is 3.67. The van der Waals surface area contributed by atoms with Crippen molar-refractivity contribution in [1.29, 1.82) is 0 Å². The molecule has 1 amide bonds. The third-order valence-corrected chi connectivity index (χ3v) is 5.35. The number of anilines is 1. The summed E-state index contributed by atoms with van der Waals surface area (Å²) in [5, 5.41) is 3.03. The molecule has 1 aromatic carbocycles. The van der Waals surface area contributed by atoms with Crippen molar-refractivity contribution in [3.05, 3.63) is 29.8 Å². The molecule has 142 valence electrons. The number of rotatable bonds is 4. The van der Waals surface area contributed by atoms with Crippen LogP contribution >= 0.6 is 24.8 Å². The first-order chi connectivity index (χ1) is 11.1. The van der Waals surface area contributed by atoms with Crippen LogP contribution in [0.1, 0.15) is 44.6 Å². The largest absolute Gasteiger partial charge is 0.328 e. The highest BCUT2D eigenvalue weighted by Gasteiger charge is 2.27. The number of halogens is 2. The Balaban J connectivity index is 0.00000156. The lowest BCUT2D eigenvalue weighted by Gasteiger charge is -2.30. The minimum atomic E-state index is 0. The molecule has 25 heavy (non-hydrogen) atoms. The average Bonchev–Trinajstić information content (AvgIpc) is 2.98. The smallest absolute Gasteiger partial charge is 0.227 e. The highest BCUT2D eigenvalue weighted by atomic mass is 35.5. The Labute approximate surface area is 163 Å². The summed E-state index contributed by atoms with van der Waals surface area (Å²) < 4.78 is 0. The Bertz CT molecular complexity index is 530. The van der Waals surface area contributed by atoms with Gasteiger partial charge in [0.1, 0.15) is 0 Å². The molecule has 1 aliphatic heterocycles. The van der Waals surface area contributed by atoms with Gasteiger partial charge in [-0.3, -0.25) is 9.69 Å². The second-order valence-corrected chi connectivity index (χ2v) is 7.41. The summed E-state index contributed by atoms with van der Waals surface area (Å²) >= 11 is 0. The number of benzene rings is 1. The second-order valence-electron chi connectivity index (χ2n) is 7.41. The Morgan fingerprint density at radius 3 is 2.32 bits per heavy atom. The fourth-order valence-corrected chi connectivity index (χ4v) is 3.67. The SMILES string of the molecule is CC1CCN(Cc2ccc(NC(=O)C3CCC(N)C3)cc2)CC1.Cl.Cl. The van der Waals surface area contributed by atoms with Gasteiger partial charge in [0.2, 0.25) is 5.91 Å². The third kappa shape index (κ3) is 6.45. The summed E-state index contributed by atoms with van der Waals surface area (Å²) in [5.74, 6) is 1.07. The van der Waals surface area contributed by atoms with E-state index in [-0.39, 0.29) is 42.7 Å². The molecular formula is C19H31Cl2N3O. The van der Waals surface area contributed by atoms with Crippen LogP contribution in [-0.2, 0) is 11.3 Å². The Kier molecular flexibility index (Phi) is 9.22. The lowest BCUT2D eigenvalue weighted by Crippen LogP contribution is -2.32. The molecule has 2 aliphatic rings. The van der Waals surface area contributed by atoms with Gasteiger partial charge >= 0.3 is 0 Å². The predicted octanol–water partition coefficient (Wildman–Crippen LogP) is 3.83. The number of hydrogen-bond acceptors (Lipinski definition) is 3. The number of nitrogens with zero attached hydrogens (tertiary/aromatic N) is 1. The molecular weight excluding hydrogens is 357 g/mol. The van der Waals surface area contributed by atoms with E-state index in [4.69, 9.17) is 5.73 Å². The van der Waals surface area contributed by atoms with Crippen LogP contribution in [-0.4, -0.2) is 29.9 Å². The van der Waals surface area contributed by atoms with Crippen LogP contribution in [0.25, 0.3) is 0 Å². The summed E-state index contributed by atoms with van der Waals surface area (Å²) in [4.78, 5) is 14.7. The first-order valence-corrected chi connectivity index (χ1v) is 8.98. The molecule has 1 heterocycles. The molecule has 0 spiro atoms. The van der Waals surface area contributed by atoms with Crippen molar-refractivity contribution in [3.63, 3.8) is 0 Å². The summed E-state index contributed by atoms with van der Waals surface area (Å²) in [7, 11) is 0. The maximum Gasteiger partial charge on any atom is 0.227 e.